The number of rotatable bonds is 4. The first-order valence-corrected chi connectivity index (χ1v) is 15.1. The Labute approximate surface area is 226 Å². The molecule has 0 aromatic heterocycles. The van der Waals surface area contributed by atoms with Crippen molar-refractivity contribution in [1.29, 1.82) is 0 Å². The van der Waals surface area contributed by atoms with E-state index in [1.807, 2.05) is 13.8 Å². The van der Waals surface area contributed by atoms with Gasteiger partial charge in [0.25, 0.3) is 0 Å². The molecular weight excluding hydrogens is 484 g/mol. The molecule has 0 aromatic rings. The topological polar surface area (TPSA) is 127 Å². The number of allylic oxidation sites excluding steroid dienone is 1. The lowest BCUT2D eigenvalue weighted by atomic mass is 9.40. The number of carbonyl (C=O) groups is 1. The molecule has 7 heteroatoms. The van der Waals surface area contributed by atoms with Crippen LogP contribution in [0.1, 0.15) is 85.5 Å². The average molecular weight is 533 g/mol. The van der Waals surface area contributed by atoms with E-state index >= 15 is 0 Å². The van der Waals surface area contributed by atoms with Crippen molar-refractivity contribution in [2.24, 2.45) is 46.3 Å². The van der Waals surface area contributed by atoms with Crippen molar-refractivity contribution >= 4 is 5.78 Å². The minimum Gasteiger partial charge on any atom is -0.394 e. The highest BCUT2D eigenvalue weighted by Gasteiger charge is 2.73. The maximum atomic E-state index is 13.5. The third-order valence-electron chi connectivity index (χ3n) is 13.1. The van der Waals surface area contributed by atoms with Crippen molar-refractivity contribution in [2.45, 2.75) is 121 Å². The summed E-state index contributed by atoms with van der Waals surface area (Å²) in [4.78, 5) is 13.5. The summed E-state index contributed by atoms with van der Waals surface area (Å²) < 4.78 is 6.09. The maximum absolute atomic E-state index is 13.5. The molecule has 7 nitrogen and oxygen atoms in total. The molecule has 1 heterocycles. The molecule has 5 aliphatic carbocycles. The fraction of sp³-hybridized carbons (Fsp3) is 0.903. The van der Waals surface area contributed by atoms with Crippen LogP contribution < -0.4 is 0 Å². The Morgan fingerprint density at radius 1 is 1.16 bits per heavy atom. The van der Waals surface area contributed by atoms with Gasteiger partial charge in [-0.1, -0.05) is 27.2 Å². The number of aliphatic hydroxyl groups is 5. The predicted molar refractivity (Wildman–Crippen MR) is 141 cm³/mol. The van der Waals surface area contributed by atoms with Gasteiger partial charge in [0, 0.05) is 11.3 Å². The summed E-state index contributed by atoms with van der Waals surface area (Å²) in [5.41, 5.74) is -2.69. The van der Waals surface area contributed by atoms with Gasteiger partial charge in [0.15, 0.2) is 5.78 Å². The number of ether oxygens (including phenoxy) is 1. The zero-order valence-corrected chi connectivity index (χ0v) is 23.5. The number of aliphatic hydroxyl groups excluding tert-OH is 3. The molecule has 214 valence electrons. The zero-order valence-electron chi connectivity index (χ0n) is 23.5. The van der Waals surface area contributed by atoms with Gasteiger partial charge in [-0.3, -0.25) is 4.79 Å². The normalized spacial score (nSPS) is 54.4. The summed E-state index contributed by atoms with van der Waals surface area (Å²) in [6.07, 6.45) is 5.76. The molecular formula is C31H48O7. The number of fused-ring (bicyclic) bond motifs is 6. The molecule has 6 rings (SSSR count). The highest BCUT2D eigenvalue weighted by Crippen LogP contribution is 2.73. The minimum atomic E-state index is -1.50. The lowest BCUT2D eigenvalue weighted by Crippen LogP contribution is -2.66. The van der Waals surface area contributed by atoms with Gasteiger partial charge >= 0.3 is 0 Å². The van der Waals surface area contributed by atoms with Crippen molar-refractivity contribution < 1.29 is 35.1 Å². The molecule has 0 unspecified atom stereocenters. The third-order valence-corrected chi connectivity index (χ3v) is 13.1. The summed E-state index contributed by atoms with van der Waals surface area (Å²) in [6.45, 7) is 7.83. The summed E-state index contributed by atoms with van der Waals surface area (Å²) >= 11 is 0. The van der Waals surface area contributed by atoms with E-state index in [1.165, 1.54) is 0 Å². The van der Waals surface area contributed by atoms with E-state index in [-0.39, 0.29) is 53.5 Å². The summed E-state index contributed by atoms with van der Waals surface area (Å²) in [5, 5.41) is 56.7. The molecule has 1 saturated heterocycles. The van der Waals surface area contributed by atoms with Gasteiger partial charge in [-0.05, 0) is 105 Å². The van der Waals surface area contributed by atoms with Gasteiger partial charge < -0.3 is 30.3 Å². The first kappa shape index (κ1) is 27.3. The largest absolute Gasteiger partial charge is 0.394 e. The molecule has 2 bridgehead atoms. The van der Waals surface area contributed by atoms with E-state index < -0.39 is 34.9 Å². The van der Waals surface area contributed by atoms with Crippen molar-refractivity contribution in [3.63, 3.8) is 0 Å². The van der Waals surface area contributed by atoms with Gasteiger partial charge in [0.2, 0.25) is 0 Å². The van der Waals surface area contributed by atoms with Crippen LogP contribution in [0.5, 0.6) is 0 Å². The van der Waals surface area contributed by atoms with Crippen LogP contribution in [-0.2, 0) is 9.53 Å². The van der Waals surface area contributed by atoms with Gasteiger partial charge in [0.1, 0.15) is 6.10 Å². The highest BCUT2D eigenvalue weighted by atomic mass is 16.5. The second kappa shape index (κ2) is 8.83. The fourth-order valence-corrected chi connectivity index (χ4v) is 11.0. The van der Waals surface area contributed by atoms with Crippen LogP contribution in [0.15, 0.2) is 11.6 Å². The van der Waals surface area contributed by atoms with Crippen molar-refractivity contribution in [2.75, 3.05) is 6.61 Å². The number of hydrogen-bond donors (Lipinski definition) is 5. The monoisotopic (exact) mass is 532 g/mol. The van der Waals surface area contributed by atoms with Crippen molar-refractivity contribution in [3.8, 4) is 0 Å². The molecule has 0 amide bonds. The molecule has 38 heavy (non-hydrogen) atoms. The smallest absolute Gasteiger partial charge is 0.159 e. The van der Waals surface area contributed by atoms with E-state index in [0.29, 0.717) is 31.6 Å². The first-order valence-electron chi connectivity index (χ1n) is 15.1. The van der Waals surface area contributed by atoms with Gasteiger partial charge in [-0.25, -0.2) is 0 Å². The quantitative estimate of drug-likeness (QED) is 0.377. The van der Waals surface area contributed by atoms with Gasteiger partial charge in [-0.2, -0.15) is 0 Å². The van der Waals surface area contributed by atoms with Crippen LogP contribution in [0.2, 0.25) is 0 Å². The standard InChI is InChI=1S/C31H48O7/c1-16-17(2)26(38-23(16)15-32)27(35)29(4,36)24-8-11-31(37)21-13-22(34)20-12-19(33)7-10-28(20,3)25(21)18-6-5-9-30(24,31)14-18/h13,16-20,23-27,32-33,35-37H,5-12,14-15H2,1-4H3/t16-,17-,18+,19+,20+,23+,24-,25+,26+,27-,28+,29+,30-,31-/m1/s1. The Morgan fingerprint density at radius 2 is 1.89 bits per heavy atom. The van der Waals surface area contributed by atoms with Crippen molar-refractivity contribution in [1.82, 2.24) is 0 Å². The zero-order chi connectivity index (χ0) is 27.4. The maximum Gasteiger partial charge on any atom is 0.159 e. The number of hydrogen-bond acceptors (Lipinski definition) is 7. The molecule has 1 spiro atoms. The molecule has 0 radical (unpaired) electrons. The van der Waals surface area contributed by atoms with Crippen LogP contribution in [0.25, 0.3) is 0 Å². The first-order chi connectivity index (χ1) is 17.8. The Kier molecular flexibility index (Phi) is 6.36. The molecule has 4 saturated carbocycles. The Hall–Kier alpha value is -0.830. The third kappa shape index (κ3) is 3.38. The molecule has 14 atom stereocenters. The van der Waals surface area contributed by atoms with Crippen LogP contribution in [-0.4, -0.2) is 73.5 Å². The Morgan fingerprint density at radius 3 is 2.58 bits per heavy atom. The Bertz CT molecular complexity index is 1010. The van der Waals surface area contributed by atoms with Crippen molar-refractivity contribution in [3.05, 3.63) is 11.6 Å². The second-order valence-electron chi connectivity index (χ2n) is 14.6. The molecule has 5 fully saturated rings. The van der Waals surface area contributed by atoms with Crippen LogP contribution >= 0.6 is 0 Å². The predicted octanol–water partition coefficient (Wildman–Crippen LogP) is 2.75. The minimum absolute atomic E-state index is 0.0292. The van der Waals surface area contributed by atoms with E-state index in [1.54, 1.807) is 13.0 Å². The van der Waals surface area contributed by atoms with Gasteiger partial charge in [-0.15, -0.1) is 0 Å². The number of ketones is 1. The number of carbonyl (C=O) groups excluding carboxylic acids is 1. The second-order valence-corrected chi connectivity index (χ2v) is 14.6. The lowest BCUT2D eigenvalue weighted by Gasteiger charge is -2.65. The van der Waals surface area contributed by atoms with Crippen LogP contribution in [0.4, 0.5) is 0 Å². The van der Waals surface area contributed by atoms with E-state index in [9.17, 15) is 30.3 Å². The summed E-state index contributed by atoms with van der Waals surface area (Å²) in [5.74, 6) is -0.0683. The average Bonchev–Trinajstić information content (AvgIpc) is 3.33. The van der Waals surface area contributed by atoms with Crippen LogP contribution in [0.3, 0.4) is 0 Å². The summed E-state index contributed by atoms with van der Waals surface area (Å²) in [7, 11) is 0. The highest BCUT2D eigenvalue weighted by molar-refractivity contribution is 5.95. The van der Waals surface area contributed by atoms with E-state index in [0.717, 1.165) is 37.7 Å². The van der Waals surface area contributed by atoms with Crippen LogP contribution in [0, 0.1) is 46.3 Å². The molecule has 1 aliphatic heterocycles. The molecule has 6 aliphatic rings. The Balaban J connectivity index is 1.38. The SMILES string of the molecule is C[C@@H]1[C@@H](C)[C@H](CO)O[C@@H]1[C@@H](O)[C@@](C)(O)[C@H]1CC[C@@]2(O)C3=CC(=O)[C@@H]4C[C@@H](O)CC[C@]4(C)[C@H]3[C@H]3CCC[C@@]12C3. The lowest BCUT2D eigenvalue weighted by molar-refractivity contribution is -0.216. The summed E-state index contributed by atoms with van der Waals surface area (Å²) in [6, 6.07) is 0. The van der Waals surface area contributed by atoms with E-state index in [4.69, 9.17) is 4.74 Å². The molecule has 0 aromatic carbocycles. The van der Waals surface area contributed by atoms with E-state index in [2.05, 4.69) is 6.92 Å². The fourth-order valence-electron chi connectivity index (χ4n) is 11.0. The molecule has 5 N–H and O–H groups in total. The van der Waals surface area contributed by atoms with Gasteiger partial charge in [0.05, 0.1) is 36.1 Å².